The Morgan fingerprint density at radius 3 is 2.35 bits per heavy atom. The third-order valence-corrected chi connectivity index (χ3v) is 2.33. The summed E-state index contributed by atoms with van der Waals surface area (Å²) in [5.41, 5.74) is -0.835. The zero-order valence-electron chi connectivity index (χ0n) is 9.98. The lowest BCUT2D eigenvalue weighted by atomic mass is 10.1. The Labute approximate surface area is 112 Å². The van der Waals surface area contributed by atoms with Gasteiger partial charge < -0.3 is 15.5 Å². The molecular weight excluding hydrogens is 272 g/mol. The summed E-state index contributed by atoms with van der Waals surface area (Å²) in [5.74, 6) is -3.98. The summed E-state index contributed by atoms with van der Waals surface area (Å²) in [6, 6.07) is 3.28. The molecule has 0 aliphatic rings. The molecule has 0 unspecified atom stereocenters. The topological polar surface area (TPSA) is 147 Å². The van der Waals surface area contributed by atoms with Gasteiger partial charge in [-0.2, -0.15) is 0 Å². The monoisotopic (exact) mass is 282 g/mol. The molecule has 1 atom stereocenters. The molecule has 9 nitrogen and oxygen atoms in total. The second-order valence-electron chi connectivity index (χ2n) is 3.74. The van der Waals surface area contributed by atoms with Crippen LogP contribution in [-0.2, 0) is 9.59 Å². The van der Waals surface area contributed by atoms with Gasteiger partial charge in [0.15, 0.2) is 0 Å². The zero-order valence-corrected chi connectivity index (χ0v) is 9.98. The number of nitro groups is 1. The molecule has 9 heteroatoms. The maximum absolute atomic E-state index is 11.8. The van der Waals surface area contributed by atoms with E-state index in [2.05, 4.69) is 0 Å². The first-order valence-corrected chi connectivity index (χ1v) is 5.31. The van der Waals surface area contributed by atoms with Gasteiger partial charge in [-0.15, -0.1) is 0 Å². The number of rotatable bonds is 6. The molecule has 0 spiro atoms. The minimum absolute atomic E-state index is 0.339. The molecule has 0 radical (unpaired) electrons. The standard InChI is InChI=1S/C11H10N2O7/c14-9(15)5-7(11(17)18)12-10(16)6-3-1-2-4-8(6)13(19)20/h1-4,7H,5H2,(H,12,16)(H,14,15)(H,17,18)/t7-/m1/s1. The van der Waals surface area contributed by atoms with Crippen LogP contribution in [-0.4, -0.2) is 39.0 Å². The van der Waals surface area contributed by atoms with Crippen molar-refractivity contribution in [1.29, 1.82) is 0 Å². The van der Waals surface area contributed by atoms with Crippen molar-refractivity contribution in [1.82, 2.24) is 5.32 Å². The molecule has 0 saturated carbocycles. The Morgan fingerprint density at radius 1 is 1.25 bits per heavy atom. The van der Waals surface area contributed by atoms with Gasteiger partial charge in [-0.1, -0.05) is 12.1 Å². The van der Waals surface area contributed by atoms with Gasteiger partial charge in [0.1, 0.15) is 11.6 Å². The molecule has 1 aromatic carbocycles. The molecular formula is C11H10N2O7. The number of nitrogens with one attached hydrogen (secondary N) is 1. The fourth-order valence-electron chi connectivity index (χ4n) is 1.44. The number of carbonyl (C=O) groups excluding carboxylic acids is 1. The SMILES string of the molecule is O=C(O)C[C@@H](NC(=O)c1ccccc1[N+](=O)[O-])C(=O)O. The van der Waals surface area contributed by atoms with Crippen LogP contribution in [0.15, 0.2) is 24.3 Å². The van der Waals surface area contributed by atoms with Crippen molar-refractivity contribution in [2.75, 3.05) is 0 Å². The van der Waals surface area contributed by atoms with Gasteiger partial charge in [0, 0.05) is 6.07 Å². The summed E-state index contributed by atoms with van der Waals surface area (Å²) in [6.45, 7) is 0. The number of nitro benzene ring substituents is 1. The Kier molecular flexibility index (Phi) is 4.73. The van der Waals surface area contributed by atoms with Gasteiger partial charge in [-0.3, -0.25) is 19.7 Å². The van der Waals surface area contributed by atoms with Crippen LogP contribution in [0.2, 0.25) is 0 Å². The van der Waals surface area contributed by atoms with Crippen LogP contribution >= 0.6 is 0 Å². The smallest absolute Gasteiger partial charge is 0.326 e. The summed E-state index contributed by atoms with van der Waals surface area (Å²) in [7, 11) is 0. The highest BCUT2D eigenvalue weighted by atomic mass is 16.6. The van der Waals surface area contributed by atoms with Gasteiger partial charge in [0.25, 0.3) is 11.6 Å². The summed E-state index contributed by atoms with van der Waals surface area (Å²) in [4.78, 5) is 43.0. The zero-order chi connectivity index (χ0) is 15.3. The lowest BCUT2D eigenvalue weighted by Crippen LogP contribution is -2.42. The Hall–Kier alpha value is -2.97. The van der Waals surface area contributed by atoms with Crippen molar-refractivity contribution in [3.05, 3.63) is 39.9 Å². The van der Waals surface area contributed by atoms with Crippen molar-refractivity contribution >= 4 is 23.5 Å². The molecule has 1 rings (SSSR count). The number of para-hydroxylation sites is 1. The lowest BCUT2D eigenvalue weighted by Gasteiger charge is -2.12. The van der Waals surface area contributed by atoms with Crippen LogP contribution in [0.4, 0.5) is 5.69 Å². The molecule has 3 N–H and O–H groups in total. The van der Waals surface area contributed by atoms with Crippen LogP contribution in [0.25, 0.3) is 0 Å². The first-order chi connectivity index (χ1) is 9.32. The van der Waals surface area contributed by atoms with Crippen LogP contribution < -0.4 is 5.32 Å². The number of carbonyl (C=O) groups is 3. The van der Waals surface area contributed by atoms with E-state index in [1.165, 1.54) is 12.1 Å². The van der Waals surface area contributed by atoms with Crippen molar-refractivity contribution in [2.45, 2.75) is 12.5 Å². The van der Waals surface area contributed by atoms with Crippen LogP contribution in [0.3, 0.4) is 0 Å². The Bertz CT molecular complexity index is 570. The van der Waals surface area contributed by atoms with Gasteiger partial charge in [-0.25, -0.2) is 4.79 Å². The maximum atomic E-state index is 11.8. The Morgan fingerprint density at radius 2 is 1.85 bits per heavy atom. The third-order valence-electron chi connectivity index (χ3n) is 2.33. The number of carboxylic acid groups (broad SMARTS) is 2. The first kappa shape index (κ1) is 15.1. The van der Waals surface area contributed by atoms with E-state index in [1.54, 1.807) is 0 Å². The predicted octanol–water partition coefficient (Wildman–Crippen LogP) is 0.252. The summed E-state index contributed by atoms with van der Waals surface area (Å²) < 4.78 is 0. The van der Waals surface area contributed by atoms with Crippen molar-refractivity contribution in [3.8, 4) is 0 Å². The summed E-state index contributed by atoms with van der Waals surface area (Å²) in [5, 5.41) is 30.0. The predicted molar refractivity (Wildman–Crippen MR) is 64.2 cm³/mol. The number of benzene rings is 1. The summed E-state index contributed by atoms with van der Waals surface area (Å²) >= 11 is 0. The van der Waals surface area contributed by atoms with E-state index < -0.39 is 40.9 Å². The van der Waals surface area contributed by atoms with Crippen molar-refractivity contribution in [2.24, 2.45) is 0 Å². The van der Waals surface area contributed by atoms with Crippen molar-refractivity contribution < 1.29 is 29.5 Å². The lowest BCUT2D eigenvalue weighted by molar-refractivity contribution is -0.385. The quantitative estimate of drug-likeness (QED) is 0.500. The molecule has 0 aliphatic heterocycles. The van der Waals surface area contributed by atoms with E-state index in [4.69, 9.17) is 10.2 Å². The van der Waals surface area contributed by atoms with Gasteiger partial charge in [0.2, 0.25) is 0 Å². The third kappa shape index (κ3) is 3.77. The molecule has 0 fully saturated rings. The molecule has 0 aromatic heterocycles. The average Bonchev–Trinajstić information content (AvgIpc) is 2.37. The second kappa shape index (κ2) is 6.27. The van der Waals surface area contributed by atoms with Gasteiger partial charge >= 0.3 is 11.9 Å². The van der Waals surface area contributed by atoms with Gasteiger partial charge in [0.05, 0.1) is 11.3 Å². The van der Waals surface area contributed by atoms with E-state index in [0.29, 0.717) is 0 Å². The van der Waals surface area contributed by atoms with Crippen molar-refractivity contribution in [3.63, 3.8) is 0 Å². The number of hydrogen-bond acceptors (Lipinski definition) is 5. The van der Waals surface area contributed by atoms with Crippen LogP contribution in [0.1, 0.15) is 16.8 Å². The molecule has 0 heterocycles. The highest BCUT2D eigenvalue weighted by Crippen LogP contribution is 2.17. The van der Waals surface area contributed by atoms with E-state index >= 15 is 0 Å². The molecule has 20 heavy (non-hydrogen) atoms. The largest absolute Gasteiger partial charge is 0.481 e. The summed E-state index contributed by atoms with van der Waals surface area (Å²) in [6.07, 6.45) is -0.832. The molecule has 0 aliphatic carbocycles. The first-order valence-electron chi connectivity index (χ1n) is 5.31. The van der Waals surface area contributed by atoms with Crippen LogP contribution in [0.5, 0.6) is 0 Å². The van der Waals surface area contributed by atoms with E-state index in [0.717, 1.165) is 12.1 Å². The second-order valence-corrected chi connectivity index (χ2v) is 3.74. The number of carboxylic acids is 2. The number of aliphatic carboxylic acids is 2. The molecule has 0 bridgehead atoms. The molecule has 0 saturated heterocycles. The maximum Gasteiger partial charge on any atom is 0.326 e. The molecule has 1 aromatic rings. The number of amides is 1. The van der Waals surface area contributed by atoms with Crippen LogP contribution in [0, 0.1) is 10.1 Å². The fourth-order valence-corrected chi connectivity index (χ4v) is 1.44. The van der Waals surface area contributed by atoms with E-state index in [1.807, 2.05) is 5.32 Å². The average molecular weight is 282 g/mol. The minimum Gasteiger partial charge on any atom is -0.481 e. The number of hydrogen-bond donors (Lipinski definition) is 3. The normalized spacial score (nSPS) is 11.4. The highest BCUT2D eigenvalue weighted by molar-refractivity contribution is 6.00. The molecule has 1 amide bonds. The molecule has 106 valence electrons. The van der Waals surface area contributed by atoms with E-state index in [-0.39, 0.29) is 5.56 Å². The Balaban J connectivity index is 2.98. The van der Waals surface area contributed by atoms with Gasteiger partial charge in [-0.05, 0) is 6.07 Å². The number of nitrogens with zero attached hydrogens (tertiary/aromatic N) is 1. The fraction of sp³-hybridized carbons (Fsp3) is 0.182. The highest BCUT2D eigenvalue weighted by Gasteiger charge is 2.26. The minimum atomic E-state index is -1.67. The van der Waals surface area contributed by atoms with E-state index in [9.17, 15) is 24.5 Å².